The Kier molecular flexibility index (Phi) is 6.54. The molecule has 0 aromatic rings. The zero-order chi connectivity index (χ0) is 11.2. The number of rotatable bonds is 6. The van der Waals surface area contributed by atoms with Crippen LogP contribution in [0, 0.1) is 0 Å². The van der Waals surface area contributed by atoms with Gasteiger partial charge >= 0.3 is 0 Å². The topological polar surface area (TPSA) is 43.3 Å². The monoisotopic (exact) mass is 220 g/mol. The highest BCUT2D eigenvalue weighted by atomic mass is 31.1. The van der Waals surface area contributed by atoms with Crippen LogP contribution in [0.5, 0.6) is 0 Å². The van der Waals surface area contributed by atoms with Gasteiger partial charge in [0.05, 0.1) is 28.9 Å². The SMILES string of the molecule is CCCCC/[P+]([O-])=C(\O)C[N+](C)(C)C. The molecule has 1 N–H and O–H groups in total. The highest BCUT2D eigenvalue weighted by Crippen LogP contribution is 2.16. The minimum Gasteiger partial charge on any atom is -0.629 e. The zero-order valence-electron chi connectivity index (χ0n) is 9.79. The predicted molar refractivity (Wildman–Crippen MR) is 61.2 cm³/mol. The van der Waals surface area contributed by atoms with E-state index in [2.05, 4.69) is 6.92 Å². The van der Waals surface area contributed by atoms with Gasteiger partial charge in [0.1, 0.15) is 6.16 Å². The third-order valence-corrected chi connectivity index (χ3v) is 3.31. The molecule has 0 rings (SSSR count). The fourth-order valence-electron chi connectivity index (χ4n) is 1.14. The van der Waals surface area contributed by atoms with Crippen molar-refractivity contribution in [2.75, 3.05) is 33.8 Å². The molecular weight excluding hydrogens is 197 g/mol. The van der Waals surface area contributed by atoms with Crippen LogP contribution >= 0.6 is 7.77 Å². The number of unbranched alkanes of at least 4 members (excludes halogenated alkanes) is 2. The summed E-state index contributed by atoms with van der Waals surface area (Å²) in [5.41, 5.74) is 0.170. The average molecular weight is 220 g/mol. The van der Waals surface area contributed by atoms with Crippen LogP contribution in [0.25, 0.3) is 0 Å². The number of likely N-dealkylation sites (N-methyl/N-ethyl adjacent to an activating group) is 1. The van der Waals surface area contributed by atoms with Gasteiger partial charge in [0.2, 0.25) is 0 Å². The lowest BCUT2D eigenvalue weighted by atomic mass is 10.3. The summed E-state index contributed by atoms with van der Waals surface area (Å²) in [6.07, 6.45) is 3.81. The molecule has 0 saturated heterocycles. The van der Waals surface area contributed by atoms with E-state index in [4.69, 9.17) is 0 Å². The maximum Gasteiger partial charge on any atom is 0.273 e. The van der Waals surface area contributed by atoms with Crippen LogP contribution in [-0.2, 0) is 0 Å². The highest BCUT2D eigenvalue weighted by molar-refractivity contribution is 7.51. The van der Waals surface area contributed by atoms with Crippen LogP contribution in [0.2, 0.25) is 0 Å². The third kappa shape index (κ3) is 7.45. The molecule has 0 aliphatic rings. The second-order valence-electron chi connectivity index (χ2n) is 4.67. The van der Waals surface area contributed by atoms with Crippen molar-refractivity contribution in [3.63, 3.8) is 0 Å². The Hall–Kier alpha value is 0.0500. The Bertz CT molecular complexity index is 197. The van der Waals surface area contributed by atoms with Crippen molar-refractivity contribution in [2.45, 2.75) is 26.2 Å². The summed E-state index contributed by atoms with van der Waals surface area (Å²) < 4.78 is 0.626. The molecule has 0 spiro atoms. The third-order valence-electron chi connectivity index (χ3n) is 1.87. The lowest BCUT2D eigenvalue weighted by molar-refractivity contribution is -0.861. The van der Waals surface area contributed by atoms with Crippen molar-refractivity contribution in [3.05, 3.63) is 0 Å². The molecule has 0 fully saturated rings. The molecule has 0 radical (unpaired) electrons. The van der Waals surface area contributed by atoms with Crippen molar-refractivity contribution >= 4 is 13.3 Å². The van der Waals surface area contributed by atoms with Gasteiger partial charge in [0.25, 0.3) is 5.48 Å². The lowest BCUT2D eigenvalue weighted by Gasteiger charge is -2.22. The fraction of sp³-hybridized carbons (Fsp3) is 0.900. The highest BCUT2D eigenvalue weighted by Gasteiger charge is 2.16. The molecule has 1 atom stereocenters. The molecule has 0 aromatic carbocycles. The van der Waals surface area contributed by atoms with E-state index in [-0.39, 0.29) is 5.48 Å². The van der Waals surface area contributed by atoms with Crippen molar-refractivity contribution < 1.29 is 14.5 Å². The number of hydrogen-bond acceptors (Lipinski definition) is 1. The molecule has 0 aromatic heterocycles. The standard InChI is InChI=1S/C10H22NO2P/c1-5-6-7-8-14(13)10(12)9-11(2,3)4/h5-9H2,1-4H3/p+1. The van der Waals surface area contributed by atoms with Crippen molar-refractivity contribution in [1.29, 1.82) is 0 Å². The smallest absolute Gasteiger partial charge is 0.273 e. The Morgan fingerprint density at radius 3 is 2.29 bits per heavy atom. The Balaban J connectivity index is 4.02. The first-order valence-electron chi connectivity index (χ1n) is 5.16. The van der Waals surface area contributed by atoms with Crippen LogP contribution in [0.3, 0.4) is 0 Å². The summed E-state index contributed by atoms with van der Waals surface area (Å²) in [5.74, 6) is 0. The number of aliphatic hydroxyl groups excluding tert-OH is 1. The predicted octanol–water partition coefficient (Wildman–Crippen LogP) is 1.14. The minimum absolute atomic E-state index is 0.170. The molecule has 0 amide bonds. The largest absolute Gasteiger partial charge is 0.629 e. The van der Waals surface area contributed by atoms with E-state index in [0.717, 1.165) is 19.3 Å². The first-order chi connectivity index (χ1) is 6.37. The van der Waals surface area contributed by atoms with Crippen molar-refractivity contribution in [2.24, 2.45) is 0 Å². The van der Waals surface area contributed by atoms with Crippen LogP contribution in [0.15, 0.2) is 0 Å². The van der Waals surface area contributed by atoms with Crippen LogP contribution < -0.4 is 4.89 Å². The summed E-state index contributed by atoms with van der Waals surface area (Å²) in [7, 11) is 4.42. The molecule has 4 heteroatoms. The normalized spacial score (nSPS) is 14.1. The maximum atomic E-state index is 11.5. The molecule has 14 heavy (non-hydrogen) atoms. The van der Waals surface area contributed by atoms with Gasteiger partial charge in [-0.2, -0.15) is 0 Å². The Morgan fingerprint density at radius 1 is 1.29 bits per heavy atom. The van der Waals surface area contributed by atoms with Gasteiger partial charge in [-0.05, 0) is 12.8 Å². The molecule has 0 aliphatic heterocycles. The fourth-order valence-corrected chi connectivity index (χ4v) is 2.49. The van der Waals surface area contributed by atoms with Gasteiger partial charge in [0.15, 0.2) is 6.54 Å². The summed E-state index contributed by atoms with van der Waals surface area (Å²) >= 11 is 0. The molecular formula is C10H23NO2P+. The Labute approximate surface area is 88.4 Å². The van der Waals surface area contributed by atoms with E-state index >= 15 is 0 Å². The average Bonchev–Trinajstić information content (AvgIpc) is 2.01. The first-order valence-corrected chi connectivity index (χ1v) is 6.61. The van der Waals surface area contributed by atoms with E-state index in [1.807, 2.05) is 21.1 Å². The van der Waals surface area contributed by atoms with E-state index in [1.165, 1.54) is 0 Å². The first kappa shape index (κ1) is 14.1. The van der Waals surface area contributed by atoms with Gasteiger partial charge in [-0.15, -0.1) is 0 Å². The number of nitrogens with zero attached hydrogens (tertiary/aromatic N) is 1. The minimum atomic E-state index is -1.51. The van der Waals surface area contributed by atoms with Gasteiger partial charge in [-0.1, -0.05) is 13.3 Å². The summed E-state index contributed by atoms with van der Waals surface area (Å²) in [6, 6.07) is 0. The molecule has 0 aliphatic carbocycles. The van der Waals surface area contributed by atoms with Gasteiger partial charge < -0.3 is 14.5 Å². The maximum absolute atomic E-state index is 11.5. The van der Waals surface area contributed by atoms with E-state index in [0.29, 0.717) is 17.2 Å². The second kappa shape index (κ2) is 6.52. The number of hydrogen-bond donors (Lipinski definition) is 1. The van der Waals surface area contributed by atoms with Crippen LogP contribution in [0.1, 0.15) is 26.2 Å². The summed E-state index contributed by atoms with van der Waals surface area (Å²) in [6.45, 7) is 2.60. The van der Waals surface area contributed by atoms with Crippen molar-refractivity contribution in [1.82, 2.24) is 0 Å². The molecule has 0 saturated carbocycles. The van der Waals surface area contributed by atoms with E-state index in [1.54, 1.807) is 0 Å². The van der Waals surface area contributed by atoms with E-state index < -0.39 is 7.77 Å². The lowest BCUT2D eigenvalue weighted by Crippen LogP contribution is -2.39. The molecule has 0 bridgehead atoms. The summed E-state index contributed by atoms with van der Waals surface area (Å²) in [5, 5.41) is 9.57. The van der Waals surface area contributed by atoms with E-state index in [9.17, 15) is 10.00 Å². The second-order valence-corrected chi connectivity index (χ2v) is 6.39. The molecule has 1 unspecified atom stereocenters. The molecule has 0 heterocycles. The Morgan fingerprint density at radius 2 is 1.86 bits per heavy atom. The quantitative estimate of drug-likeness (QED) is 0.414. The van der Waals surface area contributed by atoms with Crippen molar-refractivity contribution in [3.8, 4) is 0 Å². The zero-order valence-corrected chi connectivity index (χ0v) is 10.7. The molecule has 3 nitrogen and oxygen atoms in total. The molecule has 84 valence electrons. The van der Waals surface area contributed by atoms with Crippen LogP contribution in [-0.4, -0.2) is 48.9 Å². The number of aliphatic hydroxyl groups is 1. The van der Waals surface area contributed by atoms with Gasteiger partial charge in [-0.25, -0.2) is 0 Å². The van der Waals surface area contributed by atoms with Gasteiger partial charge in [-0.3, -0.25) is 0 Å². The number of quaternary nitrogens is 1. The summed E-state index contributed by atoms with van der Waals surface area (Å²) in [4.78, 5) is 11.5. The van der Waals surface area contributed by atoms with Gasteiger partial charge in [0, 0.05) is 0 Å². The van der Waals surface area contributed by atoms with Crippen LogP contribution in [0.4, 0.5) is 0 Å².